The fourth-order valence-electron chi connectivity index (χ4n) is 1.28. The highest BCUT2D eigenvalue weighted by molar-refractivity contribution is 7.90. The zero-order chi connectivity index (χ0) is 12.4. The third-order valence-electron chi connectivity index (χ3n) is 2.19. The van der Waals surface area contributed by atoms with Crippen molar-refractivity contribution in [3.05, 3.63) is 0 Å². The molecule has 90 valence electrons. The van der Waals surface area contributed by atoms with Gasteiger partial charge in [-0.05, 0) is 6.42 Å². The van der Waals surface area contributed by atoms with Crippen LogP contribution in [0.5, 0.6) is 0 Å². The van der Waals surface area contributed by atoms with Crippen molar-refractivity contribution in [2.24, 2.45) is 0 Å². The van der Waals surface area contributed by atoms with Gasteiger partial charge in [0.2, 0.25) is 10.0 Å². The zero-order valence-corrected chi connectivity index (χ0v) is 10.3. The lowest BCUT2D eigenvalue weighted by Gasteiger charge is -2.09. The molecule has 0 bridgehead atoms. The highest BCUT2D eigenvalue weighted by Gasteiger charge is 2.23. The summed E-state index contributed by atoms with van der Waals surface area (Å²) in [6.07, 6.45) is 4.10. The van der Waals surface area contributed by atoms with Crippen molar-refractivity contribution in [3.8, 4) is 12.1 Å². The molecule has 0 aliphatic rings. The van der Waals surface area contributed by atoms with E-state index in [1.54, 1.807) is 12.1 Å². The topological polar surface area (TPSA) is 93.8 Å². The molecule has 0 saturated carbocycles. The van der Waals surface area contributed by atoms with Crippen molar-refractivity contribution >= 4 is 10.0 Å². The summed E-state index contributed by atoms with van der Waals surface area (Å²) >= 11 is 0. The second kappa shape index (κ2) is 8.09. The summed E-state index contributed by atoms with van der Waals surface area (Å²) in [4.78, 5) is 0. The molecule has 0 radical (unpaired) electrons. The fourth-order valence-corrected chi connectivity index (χ4v) is 2.36. The van der Waals surface area contributed by atoms with Crippen molar-refractivity contribution in [1.82, 2.24) is 4.72 Å². The van der Waals surface area contributed by atoms with Crippen LogP contribution in [0.4, 0.5) is 0 Å². The third kappa shape index (κ3) is 5.69. The molecular formula is C10H17N3O2S. The molecule has 0 heterocycles. The lowest BCUT2D eigenvalue weighted by molar-refractivity contribution is 0.565. The summed E-state index contributed by atoms with van der Waals surface area (Å²) in [5.74, 6) is 0. The van der Waals surface area contributed by atoms with Crippen LogP contribution in [0.1, 0.15) is 39.0 Å². The van der Waals surface area contributed by atoms with Gasteiger partial charge >= 0.3 is 0 Å². The van der Waals surface area contributed by atoms with E-state index in [4.69, 9.17) is 10.5 Å². The summed E-state index contributed by atoms with van der Waals surface area (Å²) in [5, 5.41) is 16.0. The third-order valence-corrected chi connectivity index (χ3v) is 3.83. The Morgan fingerprint density at radius 3 is 2.44 bits per heavy atom. The van der Waals surface area contributed by atoms with E-state index >= 15 is 0 Å². The summed E-state index contributed by atoms with van der Waals surface area (Å²) in [5.41, 5.74) is 0. The molecule has 0 aliphatic heterocycles. The Balaban J connectivity index is 4.18. The van der Waals surface area contributed by atoms with Crippen molar-refractivity contribution in [2.75, 3.05) is 6.54 Å². The Kier molecular flexibility index (Phi) is 7.53. The molecule has 0 fully saturated rings. The molecule has 1 N–H and O–H groups in total. The molecule has 5 nitrogen and oxygen atoms in total. The minimum atomic E-state index is -3.66. The van der Waals surface area contributed by atoms with Gasteiger partial charge in [0.1, 0.15) is 0 Å². The first kappa shape index (κ1) is 14.9. The molecular weight excluding hydrogens is 226 g/mol. The summed E-state index contributed by atoms with van der Waals surface area (Å²) in [6.45, 7) is 1.78. The Morgan fingerprint density at radius 1 is 1.25 bits per heavy atom. The van der Waals surface area contributed by atoms with E-state index in [0.29, 0.717) is 6.42 Å². The van der Waals surface area contributed by atoms with Gasteiger partial charge in [0.15, 0.2) is 5.25 Å². The Hall–Kier alpha value is -1.11. The first-order valence-corrected chi connectivity index (χ1v) is 6.88. The van der Waals surface area contributed by atoms with Gasteiger partial charge in [-0.25, -0.2) is 8.42 Å². The van der Waals surface area contributed by atoms with Crippen LogP contribution in [-0.4, -0.2) is 20.2 Å². The van der Waals surface area contributed by atoms with Crippen LogP contribution in [0.2, 0.25) is 0 Å². The maximum absolute atomic E-state index is 11.5. The van der Waals surface area contributed by atoms with Gasteiger partial charge in [0, 0.05) is 0 Å². The largest absolute Gasteiger partial charge is 0.228 e. The van der Waals surface area contributed by atoms with Gasteiger partial charge < -0.3 is 0 Å². The van der Waals surface area contributed by atoms with Crippen molar-refractivity contribution in [1.29, 1.82) is 10.5 Å². The number of sulfonamides is 1. The normalized spacial score (nSPS) is 12.7. The van der Waals surface area contributed by atoms with E-state index in [9.17, 15) is 8.42 Å². The van der Waals surface area contributed by atoms with Crippen molar-refractivity contribution < 1.29 is 8.42 Å². The first-order valence-electron chi connectivity index (χ1n) is 5.33. The Bertz CT molecular complexity index is 365. The molecule has 1 atom stereocenters. The van der Waals surface area contributed by atoms with Crippen LogP contribution >= 0.6 is 0 Å². The zero-order valence-electron chi connectivity index (χ0n) is 9.44. The number of hydrogen-bond acceptors (Lipinski definition) is 4. The van der Waals surface area contributed by atoms with E-state index in [0.717, 1.165) is 25.7 Å². The first-order chi connectivity index (χ1) is 7.58. The highest BCUT2D eigenvalue weighted by Crippen LogP contribution is 2.10. The number of rotatable bonds is 8. The van der Waals surface area contributed by atoms with Gasteiger partial charge in [-0.1, -0.05) is 32.6 Å². The van der Waals surface area contributed by atoms with Gasteiger partial charge in [-0.3, -0.25) is 0 Å². The Morgan fingerprint density at radius 2 is 1.94 bits per heavy atom. The molecule has 0 aromatic rings. The van der Waals surface area contributed by atoms with Crippen LogP contribution in [0.25, 0.3) is 0 Å². The quantitative estimate of drug-likeness (QED) is 0.513. The van der Waals surface area contributed by atoms with Crippen LogP contribution in [0.15, 0.2) is 0 Å². The van der Waals surface area contributed by atoms with Crippen LogP contribution in [0.3, 0.4) is 0 Å². The van der Waals surface area contributed by atoms with Crippen LogP contribution < -0.4 is 4.72 Å². The minimum Gasteiger partial charge on any atom is -0.211 e. The summed E-state index contributed by atoms with van der Waals surface area (Å²) in [6, 6.07) is 3.45. The number of nitrogens with zero attached hydrogens (tertiary/aromatic N) is 2. The molecule has 16 heavy (non-hydrogen) atoms. The fraction of sp³-hybridized carbons (Fsp3) is 0.800. The predicted molar refractivity (Wildman–Crippen MR) is 60.7 cm³/mol. The van der Waals surface area contributed by atoms with E-state index in [2.05, 4.69) is 11.6 Å². The lowest BCUT2D eigenvalue weighted by Crippen LogP contribution is -2.33. The van der Waals surface area contributed by atoms with Crippen molar-refractivity contribution in [2.45, 2.75) is 44.3 Å². The molecule has 0 saturated heterocycles. The monoisotopic (exact) mass is 243 g/mol. The number of nitriles is 2. The van der Waals surface area contributed by atoms with E-state index in [1.165, 1.54) is 0 Å². The predicted octanol–water partition coefficient (Wildman–Crippen LogP) is 1.29. The van der Waals surface area contributed by atoms with E-state index in [1.807, 2.05) is 0 Å². The van der Waals surface area contributed by atoms with Crippen LogP contribution in [-0.2, 0) is 10.0 Å². The number of nitrogens with one attached hydrogen (secondary N) is 1. The average molecular weight is 243 g/mol. The number of unbranched alkanes of at least 4 members (excludes halogenated alkanes) is 3. The smallest absolute Gasteiger partial charge is 0.211 e. The highest BCUT2D eigenvalue weighted by atomic mass is 32.2. The van der Waals surface area contributed by atoms with Gasteiger partial charge in [-0.2, -0.15) is 15.2 Å². The molecule has 0 amide bonds. The summed E-state index contributed by atoms with van der Waals surface area (Å²) < 4.78 is 25.1. The minimum absolute atomic E-state index is 0.282. The second-order valence-corrected chi connectivity index (χ2v) is 5.44. The Labute approximate surface area is 97.1 Å². The molecule has 1 unspecified atom stereocenters. The summed E-state index contributed by atoms with van der Waals surface area (Å²) in [7, 11) is -3.66. The molecule has 0 aromatic carbocycles. The lowest BCUT2D eigenvalue weighted by atomic mass is 10.1. The molecule has 6 heteroatoms. The van der Waals surface area contributed by atoms with Gasteiger partial charge in [-0.15, -0.1) is 0 Å². The SMILES string of the molecule is CCCCCCC(C#N)S(=O)(=O)NCC#N. The molecule has 0 spiro atoms. The van der Waals surface area contributed by atoms with Gasteiger partial charge in [0.05, 0.1) is 18.7 Å². The standard InChI is InChI=1S/C10H17N3O2S/c1-2-3-4-5-6-10(9-12)16(14,15)13-8-7-11/h10,13H,2-6,8H2,1H3. The maximum atomic E-state index is 11.5. The molecule has 0 aromatic heterocycles. The van der Waals surface area contributed by atoms with Crippen LogP contribution in [0, 0.1) is 22.7 Å². The van der Waals surface area contributed by atoms with E-state index < -0.39 is 15.3 Å². The van der Waals surface area contributed by atoms with Gasteiger partial charge in [0.25, 0.3) is 0 Å². The molecule has 0 aliphatic carbocycles. The van der Waals surface area contributed by atoms with Crippen molar-refractivity contribution in [3.63, 3.8) is 0 Å². The number of hydrogen-bond donors (Lipinski definition) is 1. The molecule has 0 rings (SSSR count). The average Bonchev–Trinajstić information content (AvgIpc) is 2.26. The van der Waals surface area contributed by atoms with E-state index in [-0.39, 0.29) is 6.54 Å². The second-order valence-electron chi connectivity index (χ2n) is 3.49. The maximum Gasteiger partial charge on any atom is 0.228 e.